The van der Waals surface area contributed by atoms with Crippen molar-refractivity contribution in [2.45, 2.75) is 39.7 Å². The molecule has 1 aromatic heterocycles. The summed E-state index contributed by atoms with van der Waals surface area (Å²) in [5, 5.41) is 3.82. The maximum atomic E-state index is 12.3. The molecule has 0 saturated carbocycles. The molecular weight excluding hydrogens is 332 g/mol. The fourth-order valence-electron chi connectivity index (χ4n) is 2.91. The zero-order chi connectivity index (χ0) is 18.7. The Hall–Kier alpha value is -2.57. The Morgan fingerprint density at radius 3 is 2.46 bits per heavy atom. The van der Waals surface area contributed by atoms with Crippen molar-refractivity contribution < 1.29 is 14.1 Å². The molecule has 1 amide bonds. The molecule has 0 spiro atoms. The van der Waals surface area contributed by atoms with Crippen molar-refractivity contribution in [3.05, 3.63) is 30.1 Å². The molecule has 1 aliphatic rings. The van der Waals surface area contributed by atoms with E-state index in [0.717, 1.165) is 30.8 Å². The van der Waals surface area contributed by atoms with Gasteiger partial charge in [0.05, 0.1) is 0 Å². The van der Waals surface area contributed by atoms with Gasteiger partial charge in [0.25, 0.3) is 5.89 Å². The standard InChI is InChI=1S/C19H26N4O3/c1-14-20-17(26-21-14)15-6-8-16(9-7-15)22-10-5-11-23(13-12-22)18(24)25-19(2,3)4/h6-9H,5,10-13H2,1-4H3. The van der Waals surface area contributed by atoms with Gasteiger partial charge in [-0.15, -0.1) is 0 Å². The normalized spacial score (nSPS) is 15.7. The van der Waals surface area contributed by atoms with Crippen molar-refractivity contribution in [1.82, 2.24) is 15.0 Å². The summed E-state index contributed by atoms with van der Waals surface area (Å²) in [5.74, 6) is 1.15. The molecule has 1 aromatic carbocycles. The highest BCUT2D eigenvalue weighted by Crippen LogP contribution is 2.23. The minimum atomic E-state index is -0.466. The van der Waals surface area contributed by atoms with Crippen LogP contribution < -0.4 is 4.90 Å². The van der Waals surface area contributed by atoms with Gasteiger partial charge in [-0.3, -0.25) is 0 Å². The summed E-state index contributed by atoms with van der Waals surface area (Å²) in [6, 6.07) is 8.08. The lowest BCUT2D eigenvalue weighted by molar-refractivity contribution is 0.0263. The first kappa shape index (κ1) is 18.2. The molecule has 26 heavy (non-hydrogen) atoms. The van der Waals surface area contributed by atoms with E-state index in [1.165, 1.54) is 0 Å². The number of rotatable bonds is 2. The fraction of sp³-hybridized carbons (Fsp3) is 0.526. The molecule has 0 radical (unpaired) electrons. The topological polar surface area (TPSA) is 71.7 Å². The number of anilines is 1. The van der Waals surface area contributed by atoms with Crippen LogP contribution in [0.25, 0.3) is 11.5 Å². The number of carbonyl (C=O) groups is 1. The molecule has 0 atom stereocenters. The number of ether oxygens (including phenoxy) is 1. The Morgan fingerprint density at radius 1 is 1.12 bits per heavy atom. The highest BCUT2D eigenvalue weighted by atomic mass is 16.6. The summed E-state index contributed by atoms with van der Waals surface area (Å²) in [4.78, 5) is 20.6. The van der Waals surface area contributed by atoms with Crippen molar-refractivity contribution in [2.24, 2.45) is 0 Å². The molecule has 0 aliphatic carbocycles. The molecule has 7 heteroatoms. The van der Waals surface area contributed by atoms with Crippen LogP contribution in [0.2, 0.25) is 0 Å². The van der Waals surface area contributed by atoms with E-state index in [2.05, 4.69) is 27.2 Å². The molecule has 140 valence electrons. The van der Waals surface area contributed by atoms with E-state index >= 15 is 0 Å². The van der Waals surface area contributed by atoms with Crippen LogP contribution in [0.3, 0.4) is 0 Å². The minimum absolute atomic E-state index is 0.235. The molecule has 2 aromatic rings. The van der Waals surface area contributed by atoms with Gasteiger partial charge in [-0.1, -0.05) is 5.16 Å². The molecule has 0 unspecified atom stereocenters. The third-order valence-electron chi connectivity index (χ3n) is 4.15. The summed E-state index contributed by atoms with van der Waals surface area (Å²) >= 11 is 0. The number of benzene rings is 1. The van der Waals surface area contributed by atoms with E-state index < -0.39 is 5.60 Å². The zero-order valence-corrected chi connectivity index (χ0v) is 15.9. The summed E-state index contributed by atoms with van der Waals surface area (Å²) < 4.78 is 10.7. The second kappa shape index (κ2) is 7.35. The van der Waals surface area contributed by atoms with E-state index in [4.69, 9.17) is 9.26 Å². The van der Waals surface area contributed by atoms with Crippen LogP contribution in [0.5, 0.6) is 0 Å². The molecule has 2 heterocycles. The van der Waals surface area contributed by atoms with E-state index in [1.807, 2.05) is 32.9 Å². The highest BCUT2D eigenvalue weighted by Gasteiger charge is 2.24. The lowest BCUT2D eigenvalue weighted by Gasteiger charge is -2.27. The van der Waals surface area contributed by atoms with Crippen LogP contribution in [0, 0.1) is 6.92 Å². The van der Waals surface area contributed by atoms with Crippen molar-refractivity contribution in [1.29, 1.82) is 0 Å². The summed E-state index contributed by atoms with van der Waals surface area (Å²) in [5.41, 5.74) is 1.56. The predicted molar refractivity (Wildman–Crippen MR) is 99.1 cm³/mol. The van der Waals surface area contributed by atoms with Gasteiger partial charge in [-0.2, -0.15) is 4.98 Å². The van der Waals surface area contributed by atoms with Gasteiger partial charge < -0.3 is 19.1 Å². The fourth-order valence-corrected chi connectivity index (χ4v) is 2.91. The molecule has 7 nitrogen and oxygen atoms in total. The SMILES string of the molecule is Cc1noc(-c2ccc(N3CCCN(C(=O)OC(C)(C)C)CC3)cc2)n1. The predicted octanol–water partition coefficient (Wildman–Crippen LogP) is 3.49. The van der Waals surface area contributed by atoms with Gasteiger partial charge in [0.1, 0.15) is 5.60 Å². The maximum Gasteiger partial charge on any atom is 0.410 e. The van der Waals surface area contributed by atoms with Gasteiger partial charge in [0.15, 0.2) is 5.82 Å². The first-order valence-electron chi connectivity index (χ1n) is 8.95. The van der Waals surface area contributed by atoms with E-state index in [-0.39, 0.29) is 6.09 Å². The third-order valence-corrected chi connectivity index (χ3v) is 4.15. The van der Waals surface area contributed by atoms with Gasteiger partial charge in [-0.05, 0) is 58.4 Å². The van der Waals surface area contributed by atoms with Gasteiger partial charge >= 0.3 is 6.09 Å². The van der Waals surface area contributed by atoms with E-state index in [0.29, 0.717) is 24.8 Å². The summed E-state index contributed by atoms with van der Waals surface area (Å²) in [6.45, 7) is 10.5. The smallest absolute Gasteiger partial charge is 0.410 e. The third kappa shape index (κ3) is 4.53. The summed E-state index contributed by atoms with van der Waals surface area (Å²) in [7, 11) is 0. The Morgan fingerprint density at radius 2 is 1.85 bits per heavy atom. The zero-order valence-electron chi connectivity index (χ0n) is 15.9. The Bertz CT molecular complexity index is 749. The van der Waals surface area contributed by atoms with E-state index in [1.54, 1.807) is 11.8 Å². The molecule has 1 aliphatic heterocycles. The first-order valence-corrected chi connectivity index (χ1v) is 8.95. The molecule has 1 fully saturated rings. The largest absolute Gasteiger partial charge is 0.444 e. The molecular formula is C19H26N4O3. The van der Waals surface area contributed by atoms with Crippen molar-refractivity contribution in [3.63, 3.8) is 0 Å². The van der Waals surface area contributed by atoms with Gasteiger partial charge in [-0.25, -0.2) is 4.79 Å². The molecule has 0 bridgehead atoms. The number of carbonyl (C=O) groups excluding carboxylic acids is 1. The van der Waals surface area contributed by atoms with Crippen molar-refractivity contribution >= 4 is 11.8 Å². The number of hydrogen-bond donors (Lipinski definition) is 0. The number of aromatic nitrogens is 2. The maximum absolute atomic E-state index is 12.3. The number of amides is 1. The lowest BCUT2D eigenvalue weighted by atomic mass is 10.2. The second-order valence-corrected chi connectivity index (χ2v) is 7.50. The first-order chi connectivity index (χ1) is 12.3. The second-order valence-electron chi connectivity index (χ2n) is 7.50. The number of aryl methyl sites for hydroxylation is 1. The monoisotopic (exact) mass is 358 g/mol. The van der Waals surface area contributed by atoms with Crippen LogP contribution in [-0.2, 0) is 4.74 Å². The van der Waals surface area contributed by atoms with Crippen LogP contribution >= 0.6 is 0 Å². The molecule has 1 saturated heterocycles. The quantitative estimate of drug-likeness (QED) is 0.818. The van der Waals surface area contributed by atoms with Crippen molar-refractivity contribution in [2.75, 3.05) is 31.1 Å². The Kier molecular flexibility index (Phi) is 5.15. The number of hydrogen-bond acceptors (Lipinski definition) is 6. The van der Waals surface area contributed by atoms with Crippen molar-refractivity contribution in [3.8, 4) is 11.5 Å². The molecule has 0 N–H and O–H groups in total. The summed E-state index contributed by atoms with van der Waals surface area (Å²) in [6.07, 6.45) is 0.672. The van der Waals surface area contributed by atoms with E-state index in [9.17, 15) is 4.79 Å². The van der Waals surface area contributed by atoms with Crippen LogP contribution in [0.4, 0.5) is 10.5 Å². The highest BCUT2D eigenvalue weighted by molar-refractivity contribution is 5.68. The Balaban J connectivity index is 1.63. The average molecular weight is 358 g/mol. The van der Waals surface area contributed by atoms with Gasteiger partial charge in [0.2, 0.25) is 0 Å². The number of nitrogens with zero attached hydrogens (tertiary/aromatic N) is 4. The molecule has 3 rings (SSSR count). The Labute approximate surface area is 153 Å². The van der Waals surface area contributed by atoms with Crippen LogP contribution in [0.15, 0.2) is 28.8 Å². The minimum Gasteiger partial charge on any atom is -0.444 e. The lowest BCUT2D eigenvalue weighted by Crippen LogP contribution is -2.39. The van der Waals surface area contributed by atoms with Crippen LogP contribution in [0.1, 0.15) is 33.0 Å². The van der Waals surface area contributed by atoms with Crippen LogP contribution in [-0.4, -0.2) is 52.9 Å². The van der Waals surface area contributed by atoms with Gasteiger partial charge in [0, 0.05) is 37.4 Å². The average Bonchev–Trinajstić information content (AvgIpc) is 2.86.